The minimum Gasteiger partial charge on any atom is -0.478 e. The lowest BCUT2D eigenvalue weighted by Gasteiger charge is -2.25. The maximum Gasteiger partial charge on any atom is 0.338 e. The predicted octanol–water partition coefficient (Wildman–Crippen LogP) is 2.12. The van der Waals surface area contributed by atoms with Crippen LogP contribution in [0, 0.1) is 0 Å². The van der Waals surface area contributed by atoms with Gasteiger partial charge in [0.05, 0.1) is 11.2 Å². The van der Waals surface area contributed by atoms with E-state index in [0.717, 1.165) is 11.3 Å². The van der Waals surface area contributed by atoms with E-state index in [0.29, 0.717) is 12.8 Å². The third kappa shape index (κ3) is 4.22. The molecule has 6 nitrogen and oxygen atoms in total. The van der Waals surface area contributed by atoms with Crippen LogP contribution in [0.1, 0.15) is 37.0 Å². The molecule has 1 aromatic heterocycles. The van der Waals surface area contributed by atoms with Gasteiger partial charge in [0, 0.05) is 6.54 Å². The first kappa shape index (κ1) is 15.5. The fourth-order valence-corrected chi connectivity index (χ4v) is 2.24. The van der Waals surface area contributed by atoms with Crippen molar-refractivity contribution in [1.82, 2.24) is 5.32 Å². The largest absolute Gasteiger partial charge is 0.478 e. The van der Waals surface area contributed by atoms with Crippen LogP contribution in [-0.4, -0.2) is 34.4 Å². The summed E-state index contributed by atoms with van der Waals surface area (Å²) >= 11 is 1.14. The molecule has 0 aromatic carbocycles. The predicted molar refractivity (Wildman–Crippen MR) is 73.8 cm³/mol. The molecule has 0 aliphatic carbocycles. The summed E-state index contributed by atoms with van der Waals surface area (Å²) in [6.07, 6.45) is 1.06. The molecule has 0 atom stereocenters. The number of carbonyl (C=O) groups is 2. The zero-order valence-electron chi connectivity index (χ0n) is 10.9. The summed E-state index contributed by atoms with van der Waals surface area (Å²) in [5.41, 5.74) is -0.871. The first-order valence-electron chi connectivity index (χ1n) is 6.00. The van der Waals surface area contributed by atoms with E-state index < -0.39 is 17.6 Å². The second kappa shape index (κ2) is 6.53. The average molecular weight is 286 g/mol. The van der Waals surface area contributed by atoms with Crippen molar-refractivity contribution in [3.63, 3.8) is 0 Å². The summed E-state index contributed by atoms with van der Waals surface area (Å²) < 4.78 is 0. The summed E-state index contributed by atoms with van der Waals surface area (Å²) in [4.78, 5) is 22.5. The summed E-state index contributed by atoms with van der Waals surface area (Å²) in [6, 6.07) is 0.905. The Labute approximate surface area is 115 Å². The van der Waals surface area contributed by atoms with Gasteiger partial charge < -0.3 is 15.5 Å². The lowest BCUT2D eigenvalue weighted by molar-refractivity contribution is 0.0354. The SMILES string of the molecule is CCC(O)(CC)CNC(=O)Nc1sccc1C(=O)O. The topological polar surface area (TPSA) is 98.7 Å². The number of hydrogen-bond acceptors (Lipinski definition) is 4. The van der Waals surface area contributed by atoms with Crippen molar-refractivity contribution >= 4 is 28.3 Å². The smallest absolute Gasteiger partial charge is 0.338 e. The van der Waals surface area contributed by atoms with Crippen LogP contribution in [0.3, 0.4) is 0 Å². The molecule has 19 heavy (non-hydrogen) atoms. The Morgan fingerprint density at radius 1 is 1.37 bits per heavy atom. The molecular weight excluding hydrogens is 268 g/mol. The average Bonchev–Trinajstić information content (AvgIpc) is 2.84. The van der Waals surface area contributed by atoms with Crippen LogP contribution in [0.25, 0.3) is 0 Å². The molecule has 0 fully saturated rings. The second-order valence-corrected chi connectivity index (χ2v) is 5.12. The van der Waals surface area contributed by atoms with Gasteiger partial charge in [-0.2, -0.15) is 0 Å². The number of aromatic carboxylic acids is 1. The van der Waals surface area contributed by atoms with Crippen molar-refractivity contribution in [3.05, 3.63) is 17.0 Å². The van der Waals surface area contributed by atoms with Gasteiger partial charge in [0.2, 0.25) is 0 Å². The number of hydrogen-bond donors (Lipinski definition) is 4. The van der Waals surface area contributed by atoms with Gasteiger partial charge in [0.15, 0.2) is 0 Å². The van der Waals surface area contributed by atoms with E-state index in [1.807, 2.05) is 13.8 Å². The molecule has 0 aliphatic heterocycles. The van der Waals surface area contributed by atoms with Crippen LogP contribution in [-0.2, 0) is 0 Å². The van der Waals surface area contributed by atoms with Crippen molar-refractivity contribution < 1.29 is 19.8 Å². The van der Waals surface area contributed by atoms with E-state index in [1.165, 1.54) is 6.07 Å². The molecule has 1 aromatic rings. The molecule has 7 heteroatoms. The molecule has 0 unspecified atom stereocenters. The van der Waals surface area contributed by atoms with Gasteiger partial charge in [-0.1, -0.05) is 13.8 Å². The van der Waals surface area contributed by atoms with Crippen LogP contribution in [0.4, 0.5) is 9.80 Å². The fraction of sp³-hybridized carbons (Fsp3) is 0.500. The molecule has 1 rings (SSSR count). The highest BCUT2D eigenvalue weighted by Gasteiger charge is 2.23. The number of urea groups is 1. The van der Waals surface area contributed by atoms with E-state index in [-0.39, 0.29) is 17.1 Å². The molecule has 2 amide bonds. The van der Waals surface area contributed by atoms with Crippen LogP contribution < -0.4 is 10.6 Å². The fourth-order valence-electron chi connectivity index (χ4n) is 1.47. The third-order valence-corrected chi connectivity index (χ3v) is 3.85. The normalized spacial score (nSPS) is 11.1. The van der Waals surface area contributed by atoms with E-state index in [4.69, 9.17) is 5.11 Å². The maximum atomic E-state index is 11.6. The number of thiophene rings is 1. The van der Waals surface area contributed by atoms with Crippen LogP contribution in [0.5, 0.6) is 0 Å². The zero-order chi connectivity index (χ0) is 14.5. The first-order valence-corrected chi connectivity index (χ1v) is 6.88. The number of nitrogens with one attached hydrogen (secondary N) is 2. The lowest BCUT2D eigenvalue weighted by Crippen LogP contribution is -2.43. The summed E-state index contributed by atoms with van der Waals surface area (Å²) in [5, 5.41) is 25.8. The molecule has 4 N–H and O–H groups in total. The highest BCUT2D eigenvalue weighted by molar-refractivity contribution is 7.14. The van der Waals surface area contributed by atoms with Gasteiger partial charge in [-0.3, -0.25) is 5.32 Å². The van der Waals surface area contributed by atoms with Crippen molar-refractivity contribution in [3.8, 4) is 0 Å². The molecule has 1 heterocycles. The molecule has 106 valence electrons. The number of rotatable bonds is 6. The minimum atomic E-state index is -1.09. The van der Waals surface area contributed by atoms with Crippen molar-refractivity contribution in [2.24, 2.45) is 0 Å². The molecule has 0 saturated carbocycles. The van der Waals surface area contributed by atoms with Crippen LogP contribution in [0.2, 0.25) is 0 Å². The number of aliphatic hydroxyl groups is 1. The van der Waals surface area contributed by atoms with Gasteiger partial charge in [0.1, 0.15) is 5.00 Å². The molecule has 0 spiro atoms. The summed E-state index contributed by atoms with van der Waals surface area (Å²) in [6.45, 7) is 3.80. The molecule has 0 radical (unpaired) electrons. The van der Waals surface area contributed by atoms with Crippen molar-refractivity contribution in [2.75, 3.05) is 11.9 Å². The van der Waals surface area contributed by atoms with E-state index in [9.17, 15) is 14.7 Å². The lowest BCUT2D eigenvalue weighted by atomic mass is 9.98. The number of carboxylic acid groups (broad SMARTS) is 1. The van der Waals surface area contributed by atoms with Gasteiger partial charge in [0.25, 0.3) is 0 Å². The Morgan fingerprint density at radius 2 is 2.00 bits per heavy atom. The van der Waals surface area contributed by atoms with Gasteiger partial charge in [-0.15, -0.1) is 11.3 Å². The highest BCUT2D eigenvalue weighted by atomic mass is 32.1. The minimum absolute atomic E-state index is 0.0568. The number of carboxylic acids is 1. The van der Waals surface area contributed by atoms with Crippen LogP contribution in [0.15, 0.2) is 11.4 Å². The molecule has 0 aliphatic rings. The van der Waals surface area contributed by atoms with E-state index >= 15 is 0 Å². The number of amides is 2. The van der Waals surface area contributed by atoms with E-state index in [1.54, 1.807) is 5.38 Å². The van der Waals surface area contributed by atoms with Crippen molar-refractivity contribution in [2.45, 2.75) is 32.3 Å². The summed E-state index contributed by atoms with van der Waals surface area (Å²) in [7, 11) is 0. The van der Waals surface area contributed by atoms with Crippen molar-refractivity contribution in [1.29, 1.82) is 0 Å². The number of carbonyl (C=O) groups excluding carboxylic acids is 1. The Kier molecular flexibility index (Phi) is 5.31. The highest BCUT2D eigenvalue weighted by Crippen LogP contribution is 2.23. The Morgan fingerprint density at radius 3 is 2.53 bits per heavy atom. The first-order chi connectivity index (χ1) is 8.91. The molecule has 0 bridgehead atoms. The summed E-state index contributed by atoms with van der Waals surface area (Å²) in [5.74, 6) is -1.09. The second-order valence-electron chi connectivity index (χ2n) is 4.21. The third-order valence-electron chi connectivity index (χ3n) is 3.02. The van der Waals surface area contributed by atoms with Crippen LogP contribution >= 0.6 is 11.3 Å². The van der Waals surface area contributed by atoms with E-state index in [2.05, 4.69) is 10.6 Å². The standard InChI is InChI=1S/C12H18N2O4S/c1-3-12(18,4-2)7-13-11(17)14-9-8(10(15)16)5-6-19-9/h5-6,18H,3-4,7H2,1-2H3,(H,15,16)(H2,13,14,17). The van der Waals surface area contributed by atoms with Gasteiger partial charge in [-0.25, -0.2) is 9.59 Å². The monoisotopic (exact) mass is 286 g/mol. The number of anilines is 1. The quantitative estimate of drug-likeness (QED) is 0.643. The zero-order valence-corrected chi connectivity index (χ0v) is 11.7. The molecule has 0 saturated heterocycles. The van der Waals surface area contributed by atoms with Gasteiger partial charge in [-0.05, 0) is 24.3 Å². The Balaban J connectivity index is 2.56. The van der Waals surface area contributed by atoms with Gasteiger partial charge >= 0.3 is 12.0 Å². The Bertz CT molecular complexity index is 454. The maximum absolute atomic E-state index is 11.6. The Hall–Kier alpha value is -1.60. The molecular formula is C12H18N2O4S.